The maximum Gasteiger partial charge on any atom is 0.225 e. The zero-order valence-electron chi connectivity index (χ0n) is 11.6. The first-order valence-electron chi connectivity index (χ1n) is 7.54. The maximum absolute atomic E-state index is 12.4. The Morgan fingerprint density at radius 3 is 2.37 bits per heavy atom. The van der Waals surface area contributed by atoms with Crippen molar-refractivity contribution in [2.24, 2.45) is 11.7 Å². The van der Waals surface area contributed by atoms with E-state index < -0.39 is 0 Å². The molecule has 5 heteroatoms. The zero-order valence-corrected chi connectivity index (χ0v) is 11.6. The van der Waals surface area contributed by atoms with Crippen molar-refractivity contribution < 1.29 is 9.53 Å². The van der Waals surface area contributed by atoms with Crippen LogP contribution in [-0.2, 0) is 9.53 Å². The molecule has 0 radical (unpaired) electrons. The van der Waals surface area contributed by atoms with Gasteiger partial charge in [-0.2, -0.15) is 0 Å². The molecule has 2 saturated heterocycles. The zero-order chi connectivity index (χ0) is 13.3. The molecule has 0 aromatic heterocycles. The van der Waals surface area contributed by atoms with Crippen molar-refractivity contribution in [3.05, 3.63) is 0 Å². The summed E-state index contributed by atoms with van der Waals surface area (Å²) < 4.78 is 5.32. The second-order valence-electron chi connectivity index (χ2n) is 6.35. The van der Waals surface area contributed by atoms with Crippen LogP contribution in [0, 0.1) is 5.92 Å². The predicted octanol–water partition coefficient (Wildman–Crippen LogP) is 0.0485. The van der Waals surface area contributed by atoms with Gasteiger partial charge in [-0.25, -0.2) is 0 Å². The fraction of sp³-hybridized carbons (Fsp3) is 0.929. The number of amides is 1. The van der Waals surface area contributed by atoms with Crippen LogP contribution in [0.5, 0.6) is 0 Å². The Kier molecular flexibility index (Phi) is 3.78. The van der Waals surface area contributed by atoms with E-state index in [0.717, 1.165) is 71.6 Å². The molecular weight excluding hydrogens is 242 g/mol. The van der Waals surface area contributed by atoms with E-state index in [1.807, 2.05) is 4.90 Å². The van der Waals surface area contributed by atoms with Gasteiger partial charge < -0.3 is 15.4 Å². The van der Waals surface area contributed by atoms with E-state index in [9.17, 15) is 4.79 Å². The van der Waals surface area contributed by atoms with Crippen molar-refractivity contribution in [2.75, 3.05) is 45.9 Å². The number of nitrogens with two attached hydrogens (primary N) is 1. The summed E-state index contributed by atoms with van der Waals surface area (Å²) in [6.07, 6.45) is 4.11. The van der Waals surface area contributed by atoms with Crippen LogP contribution in [0.2, 0.25) is 0 Å². The predicted molar refractivity (Wildman–Crippen MR) is 72.7 cm³/mol. The molecule has 5 nitrogen and oxygen atoms in total. The Hall–Kier alpha value is -0.650. The van der Waals surface area contributed by atoms with Crippen LogP contribution < -0.4 is 5.73 Å². The standard InChI is InChI=1S/C14H25N3O2/c15-14(3-4-14)11-16-5-7-17(8-6-16)13(18)12-1-9-19-10-2-12/h12H,1-11,15H2. The minimum atomic E-state index is 0.0902. The Bertz CT molecular complexity index is 330. The average molecular weight is 267 g/mol. The van der Waals surface area contributed by atoms with Gasteiger partial charge in [-0.15, -0.1) is 0 Å². The van der Waals surface area contributed by atoms with Crippen LogP contribution >= 0.6 is 0 Å². The molecule has 0 atom stereocenters. The molecule has 19 heavy (non-hydrogen) atoms. The first-order valence-corrected chi connectivity index (χ1v) is 7.54. The normalized spacial score (nSPS) is 28.4. The summed E-state index contributed by atoms with van der Waals surface area (Å²) in [7, 11) is 0. The number of ether oxygens (including phenoxy) is 1. The highest BCUT2D eigenvalue weighted by Crippen LogP contribution is 2.33. The van der Waals surface area contributed by atoms with Gasteiger partial charge in [0.05, 0.1) is 0 Å². The molecule has 3 rings (SSSR count). The van der Waals surface area contributed by atoms with Gasteiger partial charge >= 0.3 is 0 Å². The summed E-state index contributed by atoms with van der Waals surface area (Å²) in [5.41, 5.74) is 6.24. The molecule has 0 bridgehead atoms. The highest BCUT2D eigenvalue weighted by atomic mass is 16.5. The molecule has 0 aromatic rings. The van der Waals surface area contributed by atoms with Crippen molar-refractivity contribution in [1.82, 2.24) is 9.80 Å². The Balaban J connectivity index is 1.45. The number of rotatable bonds is 3. The molecule has 2 heterocycles. The van der Waals surface area contributed by atoms with Gasteiger partial charge in [0.25, 0.3) is 0 Å². The summed E-state index contributed by atoms with van der Waals surface area (Å²) in [6, 6.07) is 0. The van der Waals surface area contributed by atoms with Gasteiger partial charge in [0.15, 0.2) is 0 Å². The molecule has 1 amide bonds. The third-order valence-corrected chi connectivity index (χ3v) is 4.69. The number of hydrogen-bond acceptors (Lipinski definition) is 4. The van der Waals surface area contributed by atoms with Crippen molar-refractivity contribution in [3.63, 3.8) is 0 Å². The molecule has 0 spiro atoms. The summed E-state index contributed by atoms with van der Waals surface area (Å²) in [4.78, 5) is 16.8. The van der Waals surface area contributed by atoms with Gasteiger partial charge in [0.1, 0.15) is 0 Å². The summed E-state index contributed by atoms with van der Waals surface area (Å²) >= 11 is 0. The van der Waals surface area contributed by atoms with Crippen LogP contribution in [0.3, 0.4) is 0 Å². The second-order valence-corrected chi connectivity index (χ2v) is 6.35. The largest absolute Gasteiger partial charge is 0.381 e. The minimum Gasteiger partial charge on any atom is -0.381 e. The van der Waals surface area contributed by atoms with Crippen molar-refractivity contribution in [1.29, 1.82) is 0 Å². The average Bonchev–Trinajstić information content (AvgIpc) is 3.17. The fourth-order valence-electron chi connectivity index (χ4n) is 3.09. The molecule has 3 aliphatic rings. The molecule has 2 N–H and O–H groups in total. The lowest BCUT2D eigenvalue weighted by molar-refractivity contribution is -0.140. The number of piperazine rings is 1. The van der Waals surface area contributed by atoms with E-state index in [0.29, 0.717) is 5.91 Å². The number of carbonyl (C=O) groups is 1. The van der Waals surface area contributed by atoms with Gasteiger partial charge in [-0.05, 0) is 25.7 Å². The molecule has 1 saturated carbocycles. The van der Waals surface area contributed by atoms with Crippen LogP contribution in [0.4, 0.5) is 0 Å². The third kappa shape index (κ3) is 3.27. The Morgan fingerprint density at radius 2 is 1.79 bits per heavy atom. The van der Waals surface area contributed by atoms with E-state index in [-0.39, 0.29) is 11.5 Å². The fourth-order valence-corrected chi connectivity index (χ4v) is 3.09. The molecule has 2 aliphatic heterocycles. The van der Waals surface area contributed by atoms with Gasteiger partial charge in [0, 0.05) is 57.4 Å². The van der Waals surface area contributed by atoms with Crippen molar-refractivity contribution in [2.45, 2.75) is 31.2 Å². The first-order chi connectivity index (χ1) is 9.16. The maximum atomic E-state index is 12.4. The summed E-state index contributed by atoms with van der Waals surface area (Å²) in [5.74, 6) is 0.543. The number of nitrogens with zero attached hydrogens (tertiary/aromatic N) is 2. The third-order valence-electron chi connectivity index (χ3n) is 4.69. The summed E-state index contributed by atoms with van der Waals surface area (Å²) in [6.45, 7) is 6.19. The van der Waals surface area contributed by atoms with E-state index >= 15 is 0 Å². The number of hydrogen-bond donors (Lipinski definition) is 1. The molecule has 108 valence electrons. The highest BCUT2D eigenvalue weighted by molar-refractivity contribution is 5.79. The second kappa shape index (κ2) is 5.38. The monoisotopic (exact) mass is 267 g/mol. The van der Waals surface area contributed by atoms with Gasteiger partial charge in [0.2, 0.25) is 5.91 Å². The quantitative estimate of drug-likeness (QED) is 0.785. The van der Waals surface area contributed by atoms with Crippen molar-refractivity contribution in [3.8, 4) is 0 Å². The minimum absolute atomic E-state index is 0.0902. The molecular formula is C14H25N3O2. The van der Waals surface area contributed by atoms with Gasteiger partial charge in [-0.3, -0.25) is 9.69 Å². The van der Waals surface area contributed by atoms with Crippen LogP contribution in [0.25, 0.3) is 0 Å². The highest BCUT2D eigenvalue weighted by Gasteiger charge is 2.40. The SMILES string of the molecule is NC1(CN2CCN(C(=O)C3CCOCC3)CC2)CC1. The van der Waals surface area contributed by atoms with Crippen molar-refractivity contribution >= 4 is 5.91 Å². The Morgan fingerprint density at radius 1 is 1.16 bits per heavy atom. The molecule has 0 aromatic carbocycles. The van der Waals surface area contributed by atoms with E-state index in [4.69, 9.17) is 10.5 Å². The van der Waals surface area contributed by atoms with Crippen LogP contribution in [0.15, 0.2) is 0 Å². The summed E-state index contributed by atoms with van der Waals surface area (Å²) in [5, 5.41) is 0. The Labute approximate surface area is 115 Å². The van der Waals surface area contributed by atoms with Crippen LogP contribution in [-0.4, -0.2) is 67.2 Å². The lowest BCUT2D eigenvalue weighted by Crippen LogP contribution is -2.53. The topological polar surface area (TPSA) is 58.8 Å². The van der Waals surface area contributed by atoms with E-state index in [2.05, 4.69) is 4.90 Å². The van der Waals surface area contributed by atoms with Crippen LogP contribution in [0.1, 0.15) is 25.7 Å². The lowest BCUT2D eigenvalue weighted by Gasteiger charge is -2.38. The van der Waals surface area contributed by atoms with Gasteiger partial charge in [-0.1, -0.05) is 0 Å². The smallest absolute Gasteiger partial charge is 0.225 e. The number of carbonyl (C=O) groups excluding carboxylic acids is 1. The first kappa shape index (κ1) is 13.3. The molecule has 0 unspecified atom stereocenters. The lowest BCUT2D eigenvalue weighted by atomic mass is 9.98. The molecule has 3 fully saturated rings. The van der Waals surface area contributed by atoms with E-state index in [1.165, 1.54) is 0 Å². The van der Waals surface area contributed by atoms with E-state index in [1.54, 1.807) is 0 Å². The molecule has 1 aliphatic carbocycles.